The van der Waals surface area contributed by atoms with E-state index in [1.165, 1.54) is 6.20 Å². The highest BCUT2D eigenvalue weighted by Gasteiger charge is 2.16. The van der Waals surface area contributed by atoms with Crippen LogP contribution in [0, 0.1) is 18.3 Å². The minimum Gasteiger partial charge on any atom is -0.336 e. The summed E-state index contributed by atoms with van der Waals surface area (Å²) in [5.74, 6) is -0.231. The van der Waals surface area contributed by atoms with Crippen molar-refractivity contribution >= 4 is 5.91 Å². The predicted molar refractivity (Wildman–Crippen MR) is 59.7 cm³/mol. The quantitative estimate of drug-likeness (QED) is 0.827. The lowest BCUT2D eigenvalue weighted by molar-refractivity contribution is 0.0943. The number of nitrogens with one attached hydrogen (secondary N) is 1. The first-order valence-electron chi connectivity index (χ1n) is 5.29. The van der Waals surface area contributed by atoms with Gasteiger partial charge in [-0.25, -0.2) is 0 Å². The van der Waals surface area contributed by atoms with Crippen molar-refractivity contribution in [3.8, 4) is 6.07 Å². The van der Waals surface area contributed by atoms with E-state index in [1.54, 1.807) is 11.7 Å². The van der Waals surface area contributed by atoms with Gasteiger partial charge in [-0.1, -0.05) is 13.3 Å². The third kappa shape index (κ3) is 2.60. The summed E-state index contributed by atoms with van der Waals surface area (Å²) >= 11 is 0. The summed E-state index contributed by atoms with van der Waals surface area (Å²) in [5, 5.41) is 15.5. The molecule has 0 aliphatic carbocycles. The molecule has 0 aliphatic heterocycles. The molecule has 0 aromatic carbocycles. The normalized spacial score (nSPS) is 11.9. The molecule has 1 heterocycles. The van der Waals surface area contributed by atoms with Crippen molar-refractivity contribution in [2.45, 2.75) is 32.7 Å². The van der Waals surface area contributed by atoms with Crippen LogP contribution in [-0.4, -0.2) is 21.7 Å². The van der Waals surface area contributed by atoms with Crippen molar-refractivity contribution in [2.24, 2.45) is 7.05 Å². The average Bonchev–Trinajstić information content (AvgIpc) is 2.59. The molecule has 1 atom stereocenters. The maximum absolute atomic E-state index is 11.8. The molecule has 0 saturated heterocycles. The lowest BCUT2D eigenvalue weighted by Crippen LogP contribution is -2.33. The molecule has 0 saturated carbocycles. The van der Waals surface area contributed by atoms with Crippen LogP contribution in [0.25, 0.3) is 0 Å². The number of carbonyl (C=O) groups excluding carboxylic acids is 1. The van der Waals surface area contributed by atoms with Gasteiger partial charge < -0.3 is 5.32 Å². The van der Waals surface area contributed by atoms with Gasteiger partial charge in [-0.05, 0) is 13.3 Å². The number of hydrogen-bond acceptors (Lipinski definition) is 3. The fourth-order valence-corrected chi connectivity index (χ4v) is 1.42. The van der Waals surface area contributed by atoms with E-state index in [0.29, 0.717) is 12.0 Å². The van der Waals surface area contributed by atoms with Crippen LogP contribution in [0.1, 0.15) is 35.8 Å². The first-order chi connectivity index (χ1) is 7.60. The highest BCUT2D eigenvalue weighted by molar-refractivity contribution is 5.95. The second-order valence-electron chi connectivity index (χ2n) is 3.71. The number of aromatic nitrogens is 2. The van der Waals surface area contributed by atoms with E-state index >= 15 is 0 Å². The Morgan fingerprint density at radius 1 is 1.75 bits per heavy atom. The van der Waals surface area contributed by atoms with Crippen LogP contribution in [0.3, 0.4) is 0 Å². The van der Waals surface area contributed by atoms with E-state index < -0.39 is 6.04 Å². The summed E-state index contributed by atoms with van der Waals surface area (Å²) in [6.45, 7) is 3.80. The molecule has 0 bridgehead atoms. The van der Waals surface area contributed by atoms with Crippen molar-refractivity contribution in [1.29, 1.82) is 5.26 Å². The summed E-state index contributed by atoms with van der Waals surface area (Å²) in [4.78, 5) is 11.8. The second kappa shape index (κ2) is 5.31. The standard InChI is InChI=1S/C11H16N4O/c1-4-5-9(6-12)14-11(16)10-7-13-15(3)8(10)2/h7,9H,4-5H2,1-3H3,(H,14,16). The van der Waals surface area contributed by atoms with Crippen LogP contribution in [0.4, 0.5) is 0 Å². The fraction of sp³-hybridized carbons (Fsp3) is 0.545. The van der Waals surface area contributed by atoms with Crippen LogP contribution in [0.15, 0.2) is 6.20 Å². The number of nitriles is 1. The number of hydrogen-bond donors (Lipinski definition) is 1. The van der Waals surface area contributed by atoms with Gasteiger partial charge in [0.1, 0.15) is 6.04 Å². The van der Waals surface area contributed by atoms with Crippen molar-refractivity contribution in [2.75, 3.05) is 0 Å². The summed E-state index contributed by atoms with van der Waals surface area (Å²) in [6.07, 6.45) is 3.05. The van der Waals surface area contributed by atoms with Gasteiger partial charge in [-0.2, -0.15) is 10.4 Å². The molecule has 1 rings (SSSR count). The molecule has 5 nitrogen and oxygen atoms in total. The number of aryl methyl sites for hydroxylation is 1. The van der Waals surface area contributed by atoms with Gasteiger partial charge in [0.2, 0.25) is 0 Å². The number of nitrogens with zero attached hydrogens (tertiary/aromatic N) is 3. The van der Waals surface area contributed by atoms with Gasteiger partial charge in [0, 0.05) is 12.7 Å². The van der Waals surface area contributed by atoms with Crippen LogP contribution in [-0.2, 0) is 7.05 Å². The zero-order chi connectivity index (χ0) is 12.1. The first-order valence-corrected chi connectivity index (χ1v) is 5.29. The molecule has 1 amide bonds. The average molecular weight is 220 g/mol. The van der Waals surface area contributed by atoms with Crippen LogP contribution in [0.2, 0.25) is 0 Å². The third-order valence-corrected chi connectivity index (χ3v) is 2.52. The Kier molecular flexibility index (Phi) is 4.06. The van der Waals surface area contributed by atoms with E-state index in [1.807, 2.05) is 13.8 Å². The summed E-state index contributed by atoms with van der Waals surface area (Å²) < 4.78 is 1.64. The zero-order valence-electron chi connectivity index (χ0n) is 9.82. The van der Waals surface area contributed by atoms with Gasteiger partial charge in [-0.3, -0.25) is 9.48 Å². The predicted octanol–water partition coefficient (Wildman–Crippen LogP) is 1.15. The van der Waals surface area contributed by atoms with E-state index in [-0.39, 0.29) is 5.91 Å². The summed E-state index contributed by atoms with van der Waals surface area (Å²) in [7, 11) is 1.78. The second-order valence-corrected chi connectivity index (χ2v) is 3.71. The summed E-state index contributed by atoms with van der Waals surface area (Å²) in [5.41, 5.74) is 1.32. The Hall–Kier alpha value is -1.83. The van der Waals surface area contributed by atoms with Gasteiger partial charge >= 0.3 is 0 Å². The van der Waals surface area contributed by atoms with Crippen LogP contribution < -0.4 is 5.32 Å². The number of carbonyl (C=O) groups is 1. The highest BCUT2D eigenvalue weighted by atomic mass is 16.1. The van der Waals surface area contributed by atoms with Gasteiger partial charge in [0.25, 0.3) is 5.91 Å². The molecular formula is C11H16N4O. The molecule has 0 radical (unpaired) electrons. The molecule has 86 valence electrons. The first kappa shape index (κ1) is 12.2. The maximum Gasteiger partial charge on any atom is 0.255 e. The van der Waals surface area contributed by atoms with E-state index in [2.05, 4.69) is 16.5 Å². The lowest BCUT2D eigenvalue weighted by atomic mass is 10.1. The van der Waals surface area contributed by atoms with Crippen LogP contribution >= 0.6 is 0 Å². The topological polar surface area (TPSA) is 70.7 Å². The molecule has 5 heteroatoms. The third-order valence-electron chi connectivity index (χ3n) is 2.52. The smallest absolute Gasteiger partial charge is 0.255 e. The molecule has 1 aromatic heterocycles. The van der Waals surface area contributed by atoms with Crippen LogP contribution in [0.5, 0.6) is 0 Å². The minimum atomic E-state index is -0.419. The Morgan fingerprint density at radius 2 is 2.44 bits per heavy atom. The Balaban J connectivity index is 2.73. The van der Waals surface area contributed by atoms with Gasteiger partial charge in [-0.15, -0.1) is 0 Å². The molecule has 0 spiro atoms. The monoisotopic (exact) mass is 220 g/mol. The Bertz CT molecular complexity index is 416. The van der Waals surface area contributed by atoms with Crippen molar-refractivity contribution in [3.05, 3.63) is 17.5 Å². The van der Waals surface area contributed by atoms with Crippen molar-refractivity contribution in [1.82, 2.24) is 15.1 Å². The zero-order valence-corrected chi connectivity index (χ0v) is 9.82. The largest absolute Gasteiger partial charge is 0.336 e. The number of rotatable bonds is 4. The minimum absolute atomic E-state index is 0.231. The number of amides is 1. The molecule has 16 heavy (non-hydrogen) atoms. The van der Waals surface area contributed by atoms with E-state index in [9.17, 15) is 4.79 Å². The maximum atomic E-state index is 11.8. The van der Waals surface area contributed by atoms with Crippen molar-refractivity contribution < 1.29 is 4.79 Å². The van der Waals surface area contributed by atoms with Gasteiger partial charge in [0.15, 0.2) is 0 Å². The molecule has 1 N–H and O–H groups in total. The Morgan fingerprint density at radius 3 is 2.88 bits per heavy atom. The van der Waals surface area contributed by atoms with Crippen molar-refractivity contribution in [3.63, 3.8) is 0 Å². The van der Waals surface area contributed by atoms with E-state index in [4.69, 9.17) is 5.26 Å². The lowest BCUT2D eigenvalue weighted by Gasteiger charge is -2.09. The fourth-order valence-electron chi connectivity index (χ4n) is 1.42. The summed E-state index contributed by atoms with van der Waals surface area (Å²) in [6, 6.07) is 1.65. The molecule has 0 aliphatic rings. The molecular weight excluding hydrogens is 204 g/mol. The van der Waals surface area contributed by atoms with Gasteiger partial charge in [0.05, 0.1) is 17.8 Å². The Labute approximate surface area is 95.1 Å². The SMILES string of the molecule is CCCC(C#N)NC(=O)c1cnn(C)c1C. The molecule has 1 aromatic rings. The molecule has 1 unspecified atom stereocenters. The molecule has 0 fully saturated rings. The van der Waals surface area contributed by atoms with E-state index in [0.717, 1.165) is 12.1 Å². The highest BCUT2D eigenvalue weighted by Crippen LogP contribution is 2.06.